The standard InChI is InChI=1S/C19H19NO5.C12H15NO3.C7H5ClO.C7H6O3.C6H12O2.CH4/c21-11-16-17(22)7-4-8-18(16)25-13-15-12-24-10-9-20(15)19(23)14-5-2-1-3-6-14;14-8-11-9-16-7-6-13(11)12(15)10-4-2-1-3-5-10;8-7(9)6-4-2-1-3-5-6;8-4-5-6(9)2-1-3-7(5)10;7-4-6-2-1-3-8-5-6;/h1-8,11,15,22H,9-10,12-13H2;1-5,11,14H,6-9H2;1-5H;1-4,9-10H;6-7H,1-5H2;1H4/t15-;11-;;;6-;/m01..1./s1. The van der Waals surface area contributed by atoms with E-state index in [0.717, 1.165) is 26.1 Å². The molecule has 3 aliphatic rings. The summed E-state index contributed by atoms with van der Waals surface area (Å²) in [6, 6.07) is 35.2. The number of phenolic OH excluding ortho intramolecular Hbond substituents is 3. The zero-order chi connectivity index (χ0) is 49.1. The van der Waals surface area contributed by atoms with Crippen molar-refractivity contribution in [3.63, 3.8) is 0 Å². The summed E-state index contributed by atoms with van der Waals surface area (Å²) in [5.41, 5.74) is 1.84. The monoisotopic (exact) mass is 972 g/mol. The Kier molecular flexibility index (Phi) is 25.8. The average molecular weight is 974 g/mol. The number of hydrogen-bond acceptors (Lipinski definition) is 14. The van der Waals surface area contributed by atoms with Crippen LogP contribution >= 0.6 is 11.6 Å². The molecule has 0 saturated carbocycles. The number of morpholine rings is 2. The molecular formula is C52H61ClN2O14. The fraction of sp³-hybridized carbons (Fsp3) is 0.327. The minimum absolute atomic E-state index is 0. The van der Waals surface area contributed by atoms with Crippen molar-refractivity contribution in [2.24, 2.45) is 5.92 Å². The number of aromatic hydroxyl groups is 3. The fourth-order valence-corrected chi connectivity index (χ4v) is 6.90. The molecule has 0 unspecified atom stereocenters. The zero-order valence-corrected chi connectivity index (χ0v) is 38.1. The van der Waals surface area contributed by atoms with Crippen LogP contribution in [0.4, 0.5) is 0 Å². The summed E-state index contributed by atoms with van der Waals surface area (Å²) in [5.74, 6) is 0.0537. The van der Waals surface area contributed by atoms with Crippen LogP contribution in [0.15, 0.2) is 127 Å². The molecule has 0 spiro atoms. The number of nitrogens with zero attached hydrogens (tertiary/aromatic N) is 2. The second-order valence-electron chi connectivity index (χ2n) is 15.2. The molecule has 5 aromatic carbocycles. The lowest BCUT2D eigenvalue weighted by atomic mass is 10.0. The summed E-state index contributed by atoms with van der Waals surface area (Å²) in [7, 11) is 0. The lowest BCUT2D eigenvalue weighted by Gasteiger charge is -2.35. The molecule has 5 aromatic rings. The third-order valence-corrected chi connectivity index (χ3v) is 10.7. The number of aldehydes is 2. The number of phenols is 3. The second kappa shape index (κ2) is 31.4. The molecule has 3 fully saturated rings. The molecule has 3 saturated heterocycles. The summed E-state index contributed by atoms with van der Waals surface area (Å²) in [4.78, 5) is 59.9. The first-order valence-electron chi connectivity index (χ1n) is 21.8. The van der Waals surface area contributed by atoms with Crippen molar-refractivity contribution in [1.29, 1.82) is 0 Å². The number of aliphatic hydroxyl groups is 2. The van der Waals surface area contributed by atoms with E-state index in [2.05, 4.69) is 0 Å². The Morgan fingerprint density at radius 2 is 1.03 bits per heavy atom. The Balaban J connectivity index is 0.000000246. The number of carbonyl (C=O) groups excluding carboxylic acids is 5. The van der Waals surface area contributed by atoms with Crippen LogP contribution in [-0.2, 0) is 14.2 Å². The summed E-state index contributed by atoms with van der Waals surface area (Å²) in [6.07, 6.45) is 3.21. The maximum atomic E-state index is 12.7. The molecule has 0 radical (unpaired) electrons. The minimum Gasteiger partial charge on any atom is -0.507 e. The van der Waals surface area contributed by atoms with Gasteiger partial charge in [0.25, 0.3) is 17.1 Å². The van der Waals surface area contributed by atoms with E-state index >= 15 is 0 Å². The molecule has 69 heavy (non-hydrogen) atoms. The van der Waals surface area contributed by atoms with Gasteiger partial charge in [-0.3, -0.25) is 24.0 Å². The smallest absolute Gasteiger partial charge is 0.254 e. The summed E-state index contributed by atoms with van der Waals surface area (Å²) in [5, 5.41) is 44.9. The van der Waals surface area contributed by atoms with Crippen LogP contribution in [0.5, 0.6) is 23.0 Å². The number of ether oxygens (including phenoxy) is 4. The van der Waals surface area contributed by atoms with Gasteiger partial charge in [0.1, 0.15) is 29.6 Å². The number of rotatable bonds is 10. The molecule has 0 aliphatic carbocycles. The zero-order valence-electron chi connectivity index (χ0n) is 37.4. The van der Waals surface area contributed by atoms with Crippen molar-refractivity contribution < 1.29 is 68.5 Å². The topological polar surface area (TPSA) is 230 Å². The quantitative estimate of drug-likeness (QED) is 0.0728. The molecule has 17 heteroatoms. The molecule has 0 bridgehead atoms. The van der Waals surface area contributed by atoms with Gasteiger partial charge in [-0.1, -0.05) is 86.3 Å². The summed E-state index contributed by atoms with van der Waals surface area (Å²) < 4.78 is 21.5. The molecular weight excluding hydrogens is 912 g/mol. The van der Waals surface area contributed by atoms with E-state index in [0.29, 0.717) is 81.3 Å². The maximum absolute atomic E-state index is 12.7. The van der Waals surface area contributed by atoms with Crippen LogP contribution in [0, 0.1) is 5.92 Å². The van der Waals surface area contributed by atoms with Gasteiger partial charge in [0, 0.05) is 48.9 Å². The van der Waals surface area contributed by atoms with Gasteiger partial charge in [-0.25, -0.2) is 0 Å². The first kappa shape index (κ1) is 56.7. The van der Waals surface area contributed by atoms with Crippen molar-refractivity contribution in [2.45, 2.75) is 32.4 Å². The normalized spacial score (nSPS) is 17.1. The molecule has 3 atom stereocenters. The number of hydrogen-bond donors (Lipinski definition) is 5. The predicted octanol–water partition coefficient (Wildman–Crippen LogP) is 6.66. The highest BCUT2D eigenvalue weighted by atomic mass is 35.5. The molecule has 5 N–H and O–H groups in total. The number of halogens is 1. The fourth-order valence-electron chi connectivity index (χ4n) is 6.77. The van der Waals surface area contributed by atoms with Crippen LogP contribution in [0.3, 0.4) is 0 Å². The Morgan fingerprint density at radius 1 is 0.580 bits per heavy atom. The van der Waals surface area contributed by atoms with Gasteiger partial charge in [-0.05, 0) is 73.0 Å². The third-order valence-electron chi connectivity index (χ3n) is 10.5. The number of amides is 2. The van der Waals surface area contributed by atoms with Crippen LogP contribution in [0.25, 0.3) is 0 Å². The number of benzene rings is 5. The first-order valence-corrected chi connectivity index (χ1v) is 22.2. The molecule has 3 heterocycles. The van der Waals surface area contributed by atoms with E-state index < -0.39 is 5.24 Å². The van der Waals surface area contributed by atoms with Gasteiger partial charge < -0.3 is 54.3 Å². The third kappa shape index (κ3) is 18.4. The van der Waals surface area contributed by atoms with Gasteiger partial charge in [-0.2, -0.15) is 0 Å². The number of carbonyl (C=O) groups is 5. The summed E-state index contributed by atoms with van der Waals surface area (Å²) in [6.45, 7) is 4.84. The van der Waals surface area contributed by atoms with Gasteiger partial charge >= 0.3 is 0 Å². The van der Waals surface area contributed by atoms with E-state index in [9.17, 15) is 34.2 Å². The SMILES string of the molecule is C.O=C(Cl)c1ccccc1.O=C(c1ccccc1)N1CCOC[C@H]1CO.O=Cc1c(O)cccc1O.O=Cc1c(O)cccc1OC[C@@H]1COCCN1C(=O)c1ccccc1.OC[C@H]1CCCOC1. The van der Waals surface area contributed by atoms with Crippen LogP contribution in [0.2, 0.25) is 0 Å². The van der Waals surface area contributed by atoms with E-state index in [-0.39, 0.29) is 78.7 Å². The largest absolute Gasteiger partial charge is 0.507 e. The molecule has 2 amide bonds. The van der Waals surface area contributed by atoms with Crippen LogP contribution in [0.1, 0.15) is 72.1 Å². The Bertz CT molecular complexity index is 2280. The molecule has 0 aromatic heterocycles. The Hall–Kier alpha value is -6.66. The van der Waals surface area contributed by atoms with E-state index in [1.165, 1.54) is 24.3 Å². The van der Waals surface area contributed by atoms with Crippen LogP contribution < -0.4 is 4.74 Å². The second-order valence-corrected chi connectivity index (χ2v) is 15.6. The highest BCUT2D eigenvalue weighted by Crippen LogP contribution is 2.26. The van der Waals surface area contributed by atoms with Gasteiger partial charge in [0.2, 0.25) is 0 Å². The predicted molar refractivity (Wildman–Crippen MR) is 259 cm³/mol. The van der Waals surface area contributed by atoms with Crippen molar-refractivity contribution >= 4 is 41.2 Å². The van der Waals surface area contributed by atoms with Crippen molar-refractivity contribution in [2.75, 3.05) is 72.6 Å². The highest BCUT2D eigenvalue weighted by molar-refractivity contribution is 6.67. The van der Waals surface area contributed by atoms with Gasteiger partial charge in [-0.15, -0.1) is 0 Å². The molecule has 8 rings (SSSR count). The van der Waals surface area contributed by atoms with E-state index in [4.69, 9.17) is 45.9 Å². The van der Waals surface area contributed by atoms with Gasteiger partial charge in [0.05, 0.1) is 62.9 Å². The van der Waals surface area contributed by atoms with Gasteiger partial charge in [0.15, 0.2) is 12.6 Å². The lowest BCUT2D eigenvalue weighted by molar-refractivity contribution is -0.0183. The minimum atomic E-state index is -0.407. The lowest BCUT2D eigenvalue weighted by Crippen LogP contribution is -2.51. The van der Waals surface area contributed by atoms with Crippen LogP contribution in [-0.4, -0.2) is 150 Å². The van der Waals surface area contributed by atoms with E-state index in [1.807, 2.05) is 42.5 Å². The molecule has 370 valence electrons. The first-order chi connectivity index (χ1) is 33.0. The molecule has 3 aliphatic heterocycles. The Labute approximate surface area is 407 Å². The average Bonchev–Trinajstić information content (AvgIpc) is 3.39. The van der Waals surface area contributed by atoms with Crippen molar-refractivity contribution in [1.82, 2.24) is 9.80 Å². The van der Waals surface area contributed by atoms with Crippen molar-refractivity contribution in [3.05, 3.63) is 155 Å². The highest BCUT2D eigenvalue weighted by Gasteiger charge is 2.29. The maximum Gasteiger partial charge on any atom is 0.254 e. The molecule has 16 nitrogen and oxygen atoms in total. The number of aliphatic hydroxyl groups excluding tert-OH is 2. The summed E-state index contributed by atoms with van der Waals surface area (Å²) >= 11 is 5.16. The van der Waals surface area contributed by atoms with E-state index in [1.54, 1.807) is 70.5 Å². The van der Waals surface area contributed by atoms with Crippen molar-refractivity contribution in [3.8, 4) is 23.0 Å². The Morgan fingerprint density at radius 3 is 1.43 bits per heavy atom.